The molecule has 0 atom stereocenters. The first kappa shape index (κ1) is 16.0. The molecule has 1 aromatic heterocycles. The number of rotatable bonds is 5. The molecule has 0 aliphatic carbocycles. The van der Waals surface area contributed by atoms with Crippen LogP contribution in [0.15, 0.2) is 41.8 Å². The number of hydrogen-bond donors (Lipinski definition) is 1. The van der Waals surface area contributed by atoms with E-state index >= 15 is 0 Å². The molecule has 1 saturated heterocycles. The van der Waals surface area contributed by atoms with Crippen LogP contribution < -0.4 is 15.0 Å². The van der Waals surface area contributed by atoms with E-state index in [4.69, 9.17) is 4.74 Å². The lowest BCUT2D eigenvalue weighted by Crippen LogP contribution is -2.40. The molecule has 2 heterocycles. The third-order valence-electron chi connectivity index (χ3n) is 4.23. The van der Waals surface area contributed by atoms with Crippen molar-refractivity contribution in [1.29, 1.82) is 0 Å². The number of carbonyl (C=O) groups is 1. The number of methoxy groups -OCH3 is 1. The van der Waals surface area contributed by atoms with Crippen molar-refractivity contribution in [2.45, 2.75) is 19.4 Å². The number of piperidine rings is 1. The molecule has 4 nitrogen and oxygen atoms in total. The number of amides is 1. The fraction of sp³-hybridized carbons (Fsp3) is 0.389. The number of benzene rings is 1. The van der Waals surface area contributed by atoms with Crippen molar-refractivity contribution in [2.75, 3.05) is 25.1 Å². The molecule has 1 fully saturated rings. The Morgan fingerprint density at radius 1 is 1.26 bits per heavy atom. The maximum absolute atomic E-state index is 13.1. The van der Waals surface area contributed by atoms with Gasteiger partial charge in [-0.2, -0.15) is 0 Å². The van der Waals surface area contributed by atoms with E-state index < -0.39 is 0 Å². The van der Waals surface area contributed by atoms with Gasteiger partial charge >= 0.3 is 0 Å². The van der Waals surface area contributed by atoms with Gasteiger partial charge in [-0.1, -0.05) is 6.07 Å². The average Bonchev–Trinajstić information content (AvgIpc) is 3.13. The summed E-state index contributed by atoms with van der Waals surface area (Å²) in [7, 11) is 1.65. The molecule has 0 spiro atoms. The molecule has 5 heteroatoms. The highest BCUT2D eigenvalue weighted by Crippen LogP contribution is 2.26. The van der Waals surface area contributed by atoms with Crippen LogP contribution in [0.5, 0.6) is 5.75 Å². The third-order valence-corrected chi connectivity index (χ3v) is 5.09. The topological polar surface area (TPSA) is 41.6 Å². The van der Waals surface area contributed by atoms with Crippen LogP contribution in [0.25, 0.3) is 0 Å². The van der Waals surface area contributed by atoms with Crippen LogP contribution in [-0.4, -0.2) is 26.1 Å². The molecule has 1 aromatic carbocycles. The maximum atomic E-state index is 13.1. The van der Waals surface area contributed by atoms with Gasteiger partial charge in [-0.3, -0.25) is 4.79 Å². The lowest BCUT2D eigenvalue weighted by molar-refractivity contribution is -0.123. The molecule has 122 valence electrons. The molecule has 1 amide bonds. The highest BCUT2D eigenvalue weighted by Gasteiger charge is 2.27. The van der Waals surface area contributed by atoms with Gasteiger partial charge in [0.2, 0.25) is 5.91 Å². The van der Waals surface area contributed by atoms with Gasteiger partial charge in [0.25, 0.3) is 0 Å². The lowest BCUT2D eigenvalue weighted by atomic mass is 9.96. The Kier molecular flexibility index (Phi) is 5.31. The van der Waals surface area contributed by atoms with E-state index in [1.165, 1.54) is 4.88 Å². The van der Waals surface area contributed by atoms with Gasteiger partial charge in [-0.05, 0) is 61.6 Å². The zero-order valence-electron chi connectivity index (χ0n) is 13.3. The zero-order valence-corrected chi connectivity index (χ0v) is 14.1. The quantitative estimate of drug-likeness (QED) is 0.915. The molecular formula is C18H22N2O2S. The molecule has 1 N–H and O–H groups in total. The van der Waals surface area contributed by atoms with Crippen molar-refractivity contribution < 1.29 is 9.53 Å². The second kappa shape index (κ2) is 7.62. The highest BCUT2D eigenvalue weighted by molar-refractivity contribution is 7.09. The van der Waals surface area contributed by atoms with Crippen LogP contribution in [0.4, 0.5) is 5.69 Å². The Morgan fingerprint density at radius 2 is 2.00 bits per heavy atom. The molecular weight excluding hydrogens is 308 g/mol. The summed E-state index contributed by atoms with van der Waals surface area (Å²) < 4.78 is 5.22. The first-order valence-electron chi connectivity index (χ1n) is 7.96. The van der Waals surface area contributed by atoms with E-state index in [1.54, 1.807) is 18.4 Å². The molecule has 1 aliphatic heterocycles. The van der Waals surface area contributed by atoms with Gasteiger partial charge in [0.1, 0.15) is 5.75 Å². The van der Waals surface area contributed by atoms with Crippen LogP contribution in [-0.2, 0) is 11.3 Å². The summed E-state index contributed by atoms with van der Waals surface area (Å²) in [4.78, 5) is 16.2. The van der Waals surface area contributed by atoms with Gasteiger partial charge in [0.15, 0.2) is 0 Å². The number of nitrogens with zero attached hydrogens (tertiary/aromatic N) is 1. The summed E-state index contributed by atoms with van der Waals surface area (Å²) in [6.07, 6.45) is 1.83. The number of nitrogens with one attached hydrogen (secondary N) is 1. The minimum atomic E-state index is 0.110. The smallest absolute Gasteiger partial charge is 0.230 e. The van der Waals surface area contributed by atoms with Crippen LogP contribution in [0.3, 0.4) is 0 Å². The molecule has 0 unspecified atom stereocenters. The van der Waals surface area contributed by atoms with Crippen LogP contribution in [0.2, 0.25) is 0 Å². The van der Waals surface area contributed by atoms with Crippen molar-refractivity contribution in [3.8, 4) is 5.75 Å². The molecule has 23 heavy (non-hydrogen) atoms. The molecule has 0 bridgehead atoms. The molecule has 3 rings (SSSR count). The van der Waals surface area contributed by atoms with Crippen molar-refractivity contribution in [1.82, 2.24) is 5.32 Å². The van der Waals surface area contributed by atoms with Gasteiger partial charge in [0, 0.05) is 16.5 Å². The highest BCUT2D eigenvalue weighted by atomic mass is 32.1. The minimum absolute atomic E-state index is 0.110. The van der Waals surface area contributed by atoms with Gasteiger partial charge in [-0.25, -0.2) is 0 Å². The van der Waals surface area contributed by atoms with E-state index in [9.17, 15) is 4.79 Å². The Labute approximate surface area is 141 Å². The summed E-state index contributed by atoms with van der Waals surface area (Å²) in [5.74, 6) is 1.14. The predicted octanol–water partition coefficient (Wildman–Crippen LogP) is 3.29. The van der Waals surface area contributed by atoms with E-state index in [0.29, 0.717) is 6.54 Å². The number of anilines is 1. The van der Waals surface area contributed by atoms with Gasteiger partial charge < -0.3 is 15.0 Å². The Balaban J connectivity index is 1.83. The summed E-state index contributed by atoms with van der Waals surface area (Å²) >= 11 is 1.69. The largest absolute Gasteiger partial charge is 0.497 e. The molecule has 2 aromatic rings. The van der Waals surface area contributed by atoms with Crippen LogP contribution >= 0.6 is 11.3 Å². The minimum Gasteiger partial charge on any atom is -0.497 e. The summed E-state index contributed by atoms with van der Waals surface area (Å²) in [5.41, 5.74) is 0.933. The number of ether oxygens (including phenoxy) is 1. The van der Waals surface area contributed by atoms with E-state index in [0.717, 1.165) is 37.4 Å². The van der Waals surface area contributed by atoms with Crippen LogP contribution in [0.1, 0.15) is 17.7 Å². The average molecular weight is 330 g/mol. The normalized spacial score (nSPS) is 15.3. The first-order valence-corrected chi connectivity index (χ1v) is 8.84. The van der Waals surface area contributed by atoms with E-state index in [-0.39, 0.29) is 11.8 Å². The van der Waals surface area contributed by atoms with Crippen LogP contribution in [0, 0.1) is 5.92 Å². The van der Waals surface area contributed by atoms with Crippen molar-refractivity contribution in [3.05, 3.63) is 46.7 Å². The standard InChI is InChI=1S/C18H22N2O2S/c1-22-16-6-4-15(5-7-16)20(13-17-3-2-12-23-17)18(21)14-8-10-19-11-9-14/h2-7,12,14,19H,8-11,13H2,1H3. The van der Waals surface area contributed by atoms with E-state index in [1.807, 2.05) is 35.2 Å². The fourth-order valence-electron chi connectivity index (χ4n) is 2.91. The molecule has 0 radical (unpaired) electrons. The van der Waals surface area contributed by atoms with E-state index in [2.05, 4.69) is 16.8 Å². The van der Waals surface area contributed by atoms with Crippen molar-refractivity contribution in [3.63, 3.8) is 0 Å². The second-order valence-electron chi connectivity index (χ2n) is 5.73. The maximum Gasteiger partial charge on any atom is 0.230 e. The predicted molar refractivity (Wildman–Crippen MR) is 94.1 cm³/mol. The second-order valence-corrected chi connectivity index (χ2v) is 6.76. The van der Waals surface area contributed by atoms with Crippen molar-refractivity contribution >= 4 is 22.9 Å². The Hall–Kier alpha value is -1.85. The third kappa shape index (κ3) is 3.92. The zero-order chi connectivity index (χ0) is 16.1. The Bertz CT molecular complexity index is 619. The number of hydrogen-bond acceptors (Lipinski definition) is 4. The molecule has 0 saturated carbocycles. The monoisotopic (exact) mass is 330 g/mol. The first-order chi connectivity index (χ1) is 11.3. The summed E-state index contributed by atoms with van der Waals surface area (Å²) in [6, 6.07) is 11.9. The Morgan fingerprint density at radius 3 is 2.61 bits per heavy atom. The molecule has 1 aliphatic rings. The number of carbonyl (C=O) groups excluding carboxylic acids is 1. The fourth-order valence-corrected chi connectivity index (χ4v) is 3.60. The summed E-state index contributed by atoms with van der Waals surface area (Å²) in [6.45, 7) is 2.48. The van der Waals surface area contributed by atoms with Crippen molar-refractivity contribution in [2.24, 2.45) is 5.92 Å². The summed E-state index contributed by atoms with van der Waals surface area (Å²) in [5, 5.41) is 5.38. The number of thiophene rings is 1. The lowest BCUT2D eigenvalue weighted by Gasteiger charge is -2.29. The SMILES string of the molecule is COc1ccc(N(Cc2cccs2)C(=O)C2CCNCC2)cc1. The van der Waals surface area contributed by atoms with Gasteiger partial charge in [0.05, 0.1) is 13.7 Å². The van der Waals surface area contributed by atoms with Gasteiger partial charge in [-0.15, -0.1) is 11.3 Å².